The molecule has 0 aliphatic carbocycles. The van der Waals surface area contributed by atoms with E-state index in [1.165, 1.54) is 11.1 Å². The Morgan fingerprint density at radius 3 is 2.00 bits per heavy atom. The second-order valence-corrected chi connectivity index (χ2v) is 5.40. The smallest absolute Gasteiger partial charge is 0.124 e. The lowest BCUT2D eigenvalue weighted by molar-refractivity contribution is 0.408. The molecule has 0 aromatic heterocycles. The van der Waals surface area contributed by atoms with Gasteiger partial charge in [-0.25, -0.2) is 0 Å². The van der Waals surface area contributed by atoms with Gasteiger partial charge in [0.15, 0.2) is 0 Å². The SMILES string of the molecule is CNC(c1ccc(Cl)cc1)c1cc(C)c(OC)c(C)c1. The third kappa shape index (κ3) is 2.97. The summed E-state index contributed by atoms with van der Waals surface area (Å²) in [5, 5.41) is 4.12. The van der Waals surface area contributed by atoms with Crippen molar-refractivity contribution in [3.8, 4) is 5.75 Å². The second-order valence-electron chi connectivity index (χ2n) is 4.96. The molecule has 0 radical (unpaired) electrons. The number of rotatable bonds is 4. The number of aryl methyl sites for hydroxylation is 2. The Morgan fingerprint density at radius 1 is 1.00 bits per heavy atom. The first-order valence-corrected chi connectivity index (χ1v) is 7.02. The molecule has 1 atom stereocenters. The minimum atomic E-state index is 0.149. The van der Waals surface area contributed by atoms with Gasteiger partial charge >= 0.3 is 0 Å². The van der Waals surface area contributed by atoms with Crippen LogP contribution in [0.25, 0.3) is 0 Å². The van der Waals surface area contributed by atoms with Crippen LogP contribution in [0.3, 0.4) is 0 Å². The van der Waals surface area contributed by atoms with Crippen LogP contribution in [0.4, 0.5) is 0 Å². The number of hydrogen-bond acceptors (Lipinski definition) is 2. The van der Waals surface area contributed by atoms with E-state index in [0.717, 1.165) is 21.9 Å². The maximum Gasteiger partial charge on any atom is 0.124 e. The lowest BCUT2D eigenvalue weighted by Gasteiger charge is -2.20. The van der Waals surface area contributed by atoms with Crippen molar-refractivity contribution in [3.05, 3.63) is 63.7 Å². The highest BCUT2D eigenvalue weighted by Crippen LogP contribution is 2.30. The van der Waals surface area contributed by atoms with Crippen LogP contribution in [-0.4, -0.2) is 14.2 Å². The number of methoxy groups -OCH3 is 1. The van der Waals surface area contributed by atoms with E-state index in [2.05, 4.69) is 43.4 Å². The predicted octanol–water partition coefficient (Wildman–Crippen LogP) is 4.27. The van der Waals surface area contributed by atoms with Crippen molar-refractivity contribution in [1.29, 1.82) is 0 Å². The average molecular weight is 290 g/mol. The molecule has 2 rings (SSSR count). The highest BCUT2D eigenvalue weighted by atomic mass is 35.5. The standard InChI is InChI=1S/C17H20ClNO/c1-11-9-14(10-12(2)17(11)20-4)16(19-3)13-5-7-15(18)8-6-13/h5-10,16,19H,1-4H3. The van der Waals surface area contributed by atoms with E-state index in [1.54, 1.807) is 7.11 Å². The van der Waals surface area contributed by atoms with Crippen molar-refractivity contribution in [3.63, 3.8) is 0 Å². The lowest BCUT2D eigenvalue weighted by atomic mass is 9.95. The van der Waals surface area contributed by atoms with Gasteiger partial charge in [0.1, 0.15) is 5.75 Å². The Balaban J connectivity index is 2.44. The number of benzene rings is 2. The van der Waals surface area contributed by atoms with Crippen molar-refractivity contribution < 1.29 is 4.74 Å². The molecule has 0 fully saturated rings. The third-order valence-electron chi connectivity index (χ3n) is 3.51. The molecule has 0 amide bonds. The largest absolute Gasteiger partial charge is 0.496 e. The molecule has 0 saturated heterocycles. The van der Waals surface area contributed by atoms with Crippen LogP contribution in [0.15, 0.2) is 36.4 Å². The Morgan fingerprint density at radius 2 is 1.55 bits per heavy atom. The fourth-order valence-electron chi connectivity index (χ4n) is 2.65. The molecule has 2 aromatic rings. The minimum absolute atomic E-state index is 0.149. The Hall–Kier alpha value is -1.51. The maximum absolute atomic E-state index is 5.96. The molecule has 1 unspecified atom stereocenters. The normalized spacial score (nSPS) is 12.2. The average Bonchev–Trinajstić information content (AvgIpc) is 2.41. The number of hydrogen-bond donors (Lipinski definition) is 1. The van der Waals surface area contributed by atoms with Crippen LogP contribution in [0.2, 0.25) is 5.02 Å². The summed E-state index contributed by atoms with van der Waals surface area (Å²) < 4.78 is 5.43. The maximum atomic E-state index is 5.96. The van der Waals surface area contributed by atoms with Crippen molar-refractivity contribution in [2.24, 2.45) is 0 Å². The first kappa shape index (κ1) is 14.9. The first-order chi connectivity index (χ1) is 9.56. The summed E-state index contributed by atoms with van der Waals surface area (Å²) >= 11 is 5.96. The van der Waals surface area contributed by atoms with Crippen molar-refractivity contribution >= 4 is 11.6 Å². The Bertz CT molecular complexity index is 569. The molecular formula is C17H20ClNO. The molecular weight excluding hydrogens is 270 g/mol. The van der Waals surface area contributed by atoms with E-state index in [9.17, 15) is 0 Å². The monoisotopic (exact) mass is 289 g/mol. The van der Waals surface area contributed by atoms with E-state index < -0.39 is 0 Å². The van der Waals surface area contributed by atoms with Gasteiger partial charge in [-0.1, -0.05) is 35.9 Å². The summed E-state index contributed by atoms with van der Waals surface area (Å²) in [4.78, 5) is 0. The lowest BCUT2D eigenvalue weighted by Crippen LogP contribution is -2.18. The van der Waals surface area contributed by atoms with Gasteiger partial charge in [-0.3, -0.25) is 0 Å². The van der Waals surface area contributed by atoms with E-state index >= 15 is 0 Å². The van der Waals surface area contributed by atoms with Crippen molar-refractivity contribution in [2.75, 3.05) is 14.2 Å². The van der Waals surface area contributed by atoms with Crippen LogP contribution in [-0.2, 0) is 0 Å². The number of nitrogens with one attached hydrogen (secondary N) is 1. The fourth-order valence-corrected chi connectivity index (χ4v) is 2.78. The summed E-state index contributed by atoms with van der Waals surface area (Å²) in [6.07, 6.45) is 0. The van der Waals surface area contributed by atoms with Crippen LogP contribution in [0, 0.1) is 13.8 Å². The molecule has 0 aliphatic heterocycles. The summed E-state index contributed by atoms with van der Waals surface area (Å²) in [6.45, 7) is 4.15. The van der Waals surface area contributed by atoms with Gasteiger partial charge in [0.2, 0.25) is 0 Å². The number of halogens is 1. The summed E-state index contributed by atoms with van der Waals surface area (Å²) in [5.74, 6) is 0.958. The molecule has 1 N–H and O–H groups in total. The van der Waals surface area contributed by atoms with E-state index in [-0.39, 0.29) is 6.04 Å². The van der Waals surface area contributed by atoms with E-state index in [4.69, 9.17) is 16.3 Å². The highest BCUT2D eigenvalue weighted by Gasteiger charge is 2.15. The third-order valence-corrected chi connectivity index (χ3v) is 3.76. The van der Waals surface area contributed by atoms with Gasteiger partial charge in [-0.05, 0) is 55.3 Å². The topological polar surface area (TPSA) is 21.3 Å². The van der Waals surface area contributed by atoms with Crippen molar-refractivity contribution in [1.82, 2.24) is 5.32 Å². The molecule has 0 aliphatic rings. The summed E-state index contributed by atoms with van der Waals surface area (Å²) in [7, 11) is 3.68. The quantitative estimate of drug-likeness (QED) is 0.907. The van der Waals surface area contributed by atoms with Crippen LogP contribution in [0.1, 0.15) is 28.3 Å². The second kappa shape index (κ2) is 6.29. The van der Waals surface area contributed by atoms with Gasteiger partial charge in [0.05, 0.1) is 13.2 Å². The molecule has 3 heteroatoms. The molecule has 0 saturated carbocycles. The van der Waals surface area contributed by atoms with Crippen LogP contribution in [0.5, 0.6) is 5.75 Å². The van der Waals surface area contributed by atoms with Crippen LogP contribution < -0.4 is 10.1 Å². The molecule has 20 heavy (non-hydrogen) atoms. The predicted molar refractivity (Wildman–Crippen MR) is 84.8 cm³/mol. The molecule has 0 heterocycles. The molecule has 0 spiro atoms. The van der Waals surface area contributed by atoms with E-state index in [0.29, 0.717) is 0 Å². The Kier molecular flexibility index (Phi) is 4.69. The van der Waals surface area contributed by atoms with Gasteiger partial charge in [0, 0.05) is 5.02 Å². The molecule has 2 aromatic carbocycles. The molecule has 0 bridgehead atoms. The molecule has 2 nitrogen and oxygen atoms in total. The summed E-state index contributed by atoms with van der Waals surface area (Å²) in [5.41, 5.74) is 4.72. The first-order valence-electron chi connectivity index (χ1n) is 6.64. The van der Waals surface area contributed by atoms with Gasteiger partial charge in [0.25, 0.3) is 0 Å². The van der Waals surface area contributed by atoms with Crippen LogP contribution >= 0.6 is 11.6 Å². The highest BCUT2D eigenvalue weighted by molar-refractivity contribution is 6.30. The van der Waals surface area contributed by atoms with Gasteiger partial charge < -0.3 is 10.1 Å². The van der Waals surface area contributed by atoms with Crippen molar-refractivity contribution in [2.45, 2.75) is 19.9 Å². The molecule has 106 valence electrons. The Labute approximate surface area is 125 Å². The zero-order chi connectivity index (χ0) is 14.7. The number of ether oxygens (including phenoxy) is 1. The van der Waals surface area contributed by atoms with Gasteiger partial charge in [-0.15, -0.1) is 0 Å². The van der Waals surface area contributed by atoms with Gasteiger partial charge in [-0.2, -0.15) is 0 Å². The zero-order valence-corrected chi connectivity index (χ0v) is 13.1. The fraction of sp³-hybridized carbons (Fsp3) is 0.294. The zero-order valence-electron chi connectivity index (χ0n) is 12.3. The summed E-state index contributed by atoms with van der Waals surface area (Å²) in [6, 6.07) is 12.4. The minimum Gasteiger partial charge on any atom is -0.496 e. The van der Waals surface area contributed by atoms with E-state index in [1.807, 2.05) is 19.2 Å².